The number of hydrogen-bond acceptors (Lipinski definition) is 4. The predicted octanol–water partition coefficient (Wildman–Crippen LogP) is 0.434. The summed E-state index contributed by atoms with van der Waals surface area (Å²) in [6.07, 6.45) is 5.88. The predicted molar refractivity (Wildman–Crippen MR) is 66.7 cm³/mol. The first-order valence-corrected chi connectivity index (χ1v) is 7.13. The van der Waals surface area contributed by atoms with Gasteiger partial charge in [-0.3, -0.25) is 0 Å². The van der Waals surface area contributed by atoms with Crippen LogP contribution in [0.25, 0.3) is 0 Å². The van der Waals surface area contributed by atoms with Gasteiger partial charge in [-0.2, -0.15) is 0 Å². The van der Waals surface area contributed by atoms with E-state index in [-0.39, 0.29) is 23.6 Å². The summed E-state index contributed by atoms with van der Waals surface area (Å²) in [5, 5.41) is 24.5. The van der Waals surface area contributed by atoms with Crippen LogP contribution < -0.4 is 10.4 Å². The molecule has 1 aliphatic carbocycles. The molecule has 5 atom stereocenters. The van der Waals surface area contributed by atoms with E-state index in [9.17, 15) is 15.0 Å². The molecule has 0 amide bonds. The maximum absolute atomic E-state index is 11.0. The van der Waals surface area contributed by atoms with Crippen LogP contribution in [0.5, 0.6) is 0 Å². The second-order valence-electron chi connectivity index (χ2n) is 6.15. The van der Waals surface area contributed by atoms with Crippen molar-refractivity contribution in [3.05, 3.63) is 0 Å². The summed E-state index contributed by atoms with van der Waals surface area (Å²) in [4.78, 5) is 11.0. The van der Waals surface area contributed by atoms with Gasteiger partial charge >= 0.3 is 0 Å². The molecule has 0 aromatic heterocycles. The average molecular weight is 254 g/mol. The molecule has 2 aliphatic rings. The van der Waals surface area contributed by atoms with E-state index < -0.39 is 11.9 Å². The van der Waals surface area contributed by atoms with Crippen molar-refractivity contribution in [1.82, 2.24) is 5.32 Å². The zero-order valence-electron chi connectivity index (χ0n) is 11.3. The number of piperidine rings is 1. The fourth-order valence-electron chi connectivity index (χ4n) is 3.98. The lowest BCUT2D eigenvalue weighted by molar-refractivity contribution is -0.312. The third-order valence-electron chi connectivity index (χ3n) is 5.02. The van der Waals surface area contributed by atoms with E-state index in [1.807, 2.05) is 6.92 Å². The molecule has 1 heterocycles. The van der Waals surface area contributed by atoms with Gasteiger partial charge in [0, 0.05) is 29.4 Å². The van der Waals surface area contributed by atoms with E-state index in [2.05, 4.69) is 5.32 Å². The smallest absolute Gasteiger partial charge is 0.0557 e. The molecule has 1 spiro atoms. The molecule has 0 radical (unpaired) electrons. The van der Waals surface area contributed by atoms with Gasteiger partial charge < -0.3 is 20.3 Å². The highest BCUT2D eigenvalue weighted by atomic mass is 16.4. The second-order valence-corrected chi connectivity index (χ2v) is 6.15. The Balaban J connectivity index is 2.12. The van der Waals surface area contributed by atoms with Gasteiger partial charge in [-0.25, -0.2) is 0 Å². The van der Waals surface area contributed by atoms with Crippen LogP contribution in [0.2, 0.25) is 0 Å². The Labute approximate surface area is 109 Å². The van der Waals surface area contributed by atoms with Gasteiger partial charge in [-0.1, -0.05) is 19.8 Å². The molecule has 4 heteroatoms. The number of carbonyl (C=O) groups excluding carboxylic acids is 1. The van der Waals surface area contributed by atoms with Crippen molar-refractivity contribution in [3.63, 3.8) is 0 Å². The number of carboxylic acids is 1. The van der Waals surface area contributed by atoms with Crippen LogP contribution in [-0.4, -0.2) is 28.8 Å². The summed E-state index contributed by atoms with van der Waals surface area (Å²) in [6.45, 7) is 3.57. The van der Waals surface area contributed by atoms with Crippen LogP contribution in [0.4, 0.5) is 0 Å². The van der Waals surface area contributed by atoms with Crippen molar-refractivity contribution in [2.24, 2.45) is 11.8 Å². The normalized spacial score (nSPS) is 39.7. The van der Waals surface area contributed by atoms with Crippen LogP contribution in [0, 0.1) is 11.8 Å². The van der Waals surface area contributed by atoms with Crippen LogP contribution in [0.1, 0.15) is 52.4 Å². The number of nitrogens with one attached hydrogen (secondary N) is 1. The molecule has 1 unspecified atom stereocenters. The van der Waals surface area contributed by atoms with E-state index in [1.165, 1.54) is 0 Å². The van der Waals surface area contributed by atoms with Gasteiger partial charge in [0.1, 0.15) is 0 Å². The average Bonchev–Trinajstić information content (AvgIpc) is 2.71. The minimum Gasteiger partial charge on any atom is -0.550 e. The van der Waals surface area contributed by atoms with Crippen molar-refractivity contribution in [3.8, 4) is 0 Å². The van der Waals surface area contributed by atoms with Crippen LogP contribution >= 0.6 is 0 Å². The third kappa shape index (κ3) is 2.41. The first-order chi connectivity index (χ1) is 8.46. The minimum absolute atomic E-state index is 0.0110. The summed E-state index contributed by atoms with van der Waals surface area (Å²) in [7, 11) is 0. The van der Waals surface area contributed by atoms with E-state index >= 15 is 0 Å². The number of aliphatic carboxylic acids is 1. The zero-order valence-corrected chi connectivity index (χ0v) is 11.3. The van der Waals surface area contributed by atoms with Crippen molar-refractivity contribution in [2.45, 2.75) is 70.1 Å². The van der Waals surface area contributed by atoms with Crippen molar-refractivity contribution >= 4 is 5.97 Å². The lowest BCUT2D eigenvalue weighted by atomic mass is 9.74. The number of rotatable bonds is 3. The minimum atomic E-state index is -0.976. The quantitative estimate of drug-likeness (QED) is 0.766. The molecule has 104 valence electrons. The second kappa shape index (κ2) is 5.17. The number of carbonyl (C=O) groups is 1. The molecule has 0 bridgehead atoms. The van der Waals surface area contributed by atoms with E-state index in [0.29, 0.717) is 0 Å². The Morgan fingerprint density at radius 2 is 1.94 bits per heavy atom. The molecule has 18 heavy (non-hydrogen) atoms. The van der Waals surface area contributed by atoms with Crippen molar-refractivity contribution in [1.29, 1.82) is 0 Å². The van der Waals surface area contributed by atoms with Crippen LogP contribution in [0.15, 0.2) is 0 Å². The Kier molecular flexibility index (Phi) is 3.97. The van der Waals surface area contributed by atoms with E-state index in [0.717, 1.165) is 38.5 Å². The van der Waals surface area contributed by atoms with Gasteiger partial charge in [0.25, 0.3) is 0 Å². The largest absolute Gasteiger partial charge is 0.550 e. The van der Waals surface area contributed by atoms with E-state index in [4.69, 9.17) is 0 Å². The molecule has 0 aromatic carbocycles. The number of aliphatic hydroxyl groups is 1. The summed E-state index contributed by atoms with van der Waals surface area (Å²) in [5.74, 6) is -1.18. The highest BCUT2D eigenvalue weighted by Gasteiger charge is 2.47. The fourth-order valence-corrected chi connectivity index (χ4v) is 3.98. The van der Waals surface area contributed by atoms with Crippen molar-refractivity contribution < 1.29 is 15.0 Å². The van der Waals surface area contributed by atoms with Crippen LogP contribution in [0.3, 0.4) is 0 Å². The van der Waals surface area contributed by atoms with Gasteiger partial charge in [0.15, 0.2) is 0 Å². The third-order valence-corrected chi connectivity index (χ3v) is 5.02. The highest BCUT2D eigenvalue weighted by Crippen LogP contribution is 2.44. The molecular formula is C14H24NO3-. The standard InChI is InChI=1S/C14H25NO3/c1-9(13(17)18)12-6-4-8-14(15-12)7-3-5-11(14)10(2)16/h9-12,15-16H,3-8H2,1-2H3,(H,17,18)/p-1/t9?,10-,11+,12+,14-/m0/s1. The summed E-state index contributed by atoms with van der Waals surface area (Å²) in [5.41, 5.74) is -0.0409. The number of aliphatic hydroxyl groups excluding tert-OH is 1. The topological polar surface area (TPSA) is 72.4 Å². The molecule has 0 aromatic rings. The summed E-state index contributed by atoms with van der Waals surface area (Å²) < 4.78 is 0. The Morgan fingerprint density at radius 3 is 2.50 bits per heavy atom. The van der Waals surface area contributed by atoms with Gasteiger partial charge in [-0.15, -0.1) is 0 Å². The molecule has 1 aliphatic heterocycles. The van der Waals surface area contributed by atoms with E-state index in [1.54, 1.807) is 6.92 Å². The Hall–Kier alpha value is -0.610. The molecular weight excluding hydrogens is 230 g/mol. The number of hydrogen-bond donors (Lipinski definition) is 2. The monoisotopic (exact) mass is 254 g/mol. The Morgan fingerprint density at radius 1 is 1.33 bits per heavy atom. The maximum Gasteiger partial charge on any atom is 0.0557 e. The SMILES string of the molecule is CC(C(=O)[O-])[C@H]1CCC[C@]2(CCC[C@@H]2[C@H](C)O)N1. The zero-order chi connectivity index (χ0) is 13.3. The van der Waals surface area contributed by atoms with Gasteiger partial charge in [0.05, 0.1) is 6.10 Å². The van der Waals surface area contributed by atoms with Gasteiger partial charge in [-0.05, 0) is 32.6 Å². The lowest BCUT2D eigenvalue weighted by Gasteiger charge is -2.46. The Bertz CT molecular complexity index is 318. The highest BCUT2D eigenvalue weighted by molar-refractivity contribution is 5.68. The number of carboxylic acid groups (broad SMARTS) is 1. The lowest BCUT2D eigenvalue weighted by Crippen LogP contribution is -2.60. The molecule has 2 rings (SSSR count). The van der Waals surface area contributed by atoms with Crippen molar-refractivity contribution in [2.75, 3.05) is 0 Å². The van der Waals surface area contributed by atoms with Gasteiger partial charge in [0.2, 0.25) is 0 Å². The first-order valence-electron chi connectivity index (χ1n) is 7.13. The molecule has 1 saturated heterocycles. The van der Waals surface area contributed by atoms with Crippen LogP contribution in [-0.2, 0) is 4.79 Å². The first kappa shape index (κ1) is 13.8. The maximum atomic E-state index is 11.0. The molecule has 1 saturated carbocycles. The summed E-state index contributed by atoms with van der Waals surface area (Å²) in [6, 6.07) is -0.0110. The molecule has 2 fully saturated rings. The molecule has 4 nitrogen and oxygen atoms in total. The molecule has 2 N–H and O–H groups in total. The fraction of sp³-hybridized carbons (Fsp3) is 0.929. The summed E-state index contributed by atoms with van der Waals surface area (Å²) >= 11 is 0.